The van der Waals surface area contributed by atoms with Crippen LogP contribution in [-0.2, 0) is 48.0 Å². The number of H-pyrrole nitrogens is 2. The minimum absolute atomic E-state index is 0.0518. The lowest BCUT2D eigenvalue weighted by Crippen LogP contribution is -2.34. The van der Waals surface area contributed by atoms with Crippen LogP contribution in [0, 0.1) is 4.77 Å². The van der Waals surface area contributed by atoms with Crippen molar-refractivity contribution in [2.24, 2.45) is 0 Å². The summed E-state index contributed by atoms with van der Waals surface area (Å²) in [5.74, 6) is 0.333. The number of carbonyl (C=O) groups excluding carboxylic acids is 1. The molecule has 3 aromatic rings. The van der Waals surface area contributed by atoms with Gasteiger partial charge in [0.2, 0.25) is 0 Å². The maximum Gasteiger partial charge on any atom is 0.330 e. The van der Waals surface area contributed by atoms with E-state index < -0.39 is 29.6 Å². The van der Waals surface area contributed by atoms with E-state index in [-0.39, 0.29) is 38.2 Å². The first kappa shape index (κ1) is 39.3. The molecule has 1 unspecified atom stereocenters. The number of imidazole rings is 1. The van der Waals surface area contributed by atoms with Crippen molar-refractivity contribution in [2.45, 2.75) is 65.1 Å². The number of aliphatic hydroxyl groups excluding tert-OH is 1. The number of aliphatic hydroxyl groups is 1. The van der Waals surface area contributed by atoms with Crippen LogP contribution in [-0.4, -0.2) is 113 Å². The summed E-state index contributed by atoms with van der Waals surface area (Å²) in [5, 5.41) is 9.23. The van der Waals surface area contributed by atoms with E-state index in [1.54, 1.807) is 12.2 Å². The number of carbonyl (C=O) groups is 1. The molecule has 5 rings (SSSR count). The monoisotopic (exact) mass is 743 g/mol. The Kier molecular flexibility index (Phi) is 14.6. The van der Waals surface area contributed by atoms with Crippen molar-refractivity contribution in [3.8, 4) is 5.75 Å². The molecule has 2 aliphatic heterocycles. The van der Waals surface area contributed by atoms with E-state index in [1.807, 2.05) is 12.1 Å². The standard InChI is InChI=1S/C36H49N5O10S/c1-24(2)10-11-39-22-28-30(7-6-29-33(28)41(20-25(39)3)36(52)37-29)49-18-16-47-14-12-46-13-15-48-17-19-50-32(43)9-4-26-21-40(35(45)38-34(26)44)31-8-5-27(23-42)51-31/h5-8,10,21,25,27,31,42H,4,9,11-20,22-23H2,1-3H3,(H,37,52)(H,38,44,45)/t25-,27-,31?/m0/s1. The zero-order valence-electron chi connectivity index (χ0n) is 30.0. The average molecular weight is 744 g/mol. The molecule has 3 N–H and O–H groups in total. The van der Waals surface area contributed by atoms with E-state index in [0.717, 1.165) is 46.8 Å². The van der Waals surface area contributed by atoms with Gasteiger partial charge in [0.15, 0.2) is 11.0 Å². The number of ether oxygens (including phenoxy) is 6. The van der Waals surface area contributed by atoms with Crippen LogP contribution in [0.15, 0.2) is 51.7 Å². The Labute approximate surface area is 306 Å². The van der Waals surface area contributed by atoms with E-state index in [1.165, 1.54) is 16.3 Å². The lowest BCUT2D eigenvalue weighted by atomic mass is 10.1. The van der Waals surface area contributed by atoms with Crippen molar-refractivity contribution in [1.29, 1.82) is 0 Å². The highest BCUT2D eigenvalue weighted by atomic mass is 32.1. The van der Waals surface area contributed by atoms with Gasteiger partial charge >= 0.3 is 11.7 Å². The number of rotatable bonds is 20. The summed E-state index contributed by atoms with van der Waals surface area (Å²) < 4.78 is 37.8. The van der Waals surface area contributed by atoms with Crippen LogP contribution < -0.4 is 16.0 Å². The molecule has 52 heavy (non-hydrogen) atoms. The lowest BCUT2D eigenvalue weighted by molar-refractivity contribution is -0.145. The van der Waals surface area contributed by atoms with E-state index in [9.17, 15) is 19.5 Å². The number of benzene rings is 1. The van der Waals surface area contributed by atoms with Gasteiger partial charge in [-0.05, 0) is 57.6 Å². The smallest absolute Gasteiger partial charge is 0.330 e. The van der Waals surface area contributed by atoms with Gasteiger partial charge in [-0.2, -0.15) is 0 Å². The van der Waals surface area contributed by atoms with Crippen molar-refractivity contribution < 1.29 is 38.3 Å². The highest BCUT2D eigenvalue weighted by Crippen LogP contribution is 2.33. The molecule has 15 nitrogen and oxygen atoms in total. The minimum Gasteiger partial charge on any atom is -0.491 e. The molecule has 4 heterocycles. The Morgan fingerprint density at radius 1 is 1.02 bits per heavy atom. The molecule has 1 aromatic carbocycles. The molecular weight excluding hydrogens is 694 g/mol. The van der Waals surface area contributed by atoms with E-state index in [4.69, 9.17) is 40.6 Å². The number of nitrogens with one attached hydrogen (secondary N) is 2. The van der Waals surface area contributed by atoms with Crippen LogP contribution in [0.25, 0.3) is 11.0 Å². The topological polar surface area (TPSA) is 172 Å². The van der Waals surface area contributed by atoms with Gasteiger partial charge in [-0.15, -0.1) is 0 Å². The highest BCUT2D eigenvalue weighted by molar-refractivity contribution is 7.71. The number of aromatic nitrogens is 4. The Hall–Kier alpha value is -3.90. The third-order valence-electron chi connectivity index (χ3n) is 8.78. The van der Waals surface area contributed by atoms with Crippen LogP contribution in [0.1, 0.15) is 44.5 Å². The Balaban J connectivity index is 0.922. The van der Waals surface area contributed by atoms with Crippen LogP contribution in [0.4, 0.5) is 0 Å². The molecule has 0 amide bonds. The minimum atomic E-state index is -0.752. The van der Waals surface area contributed by atoms with Crippen molar-refractivity contribution >= 4 is 29.2 Å². The third kappa shape index (κ3) is 10.6. The molecule has 0 saturated carbocycles. The summed E-state index contributed by atoms with van der Waals surface area (Å²) in [6.07, 6.45) is 5.61. The van der Waals surface area contributed by atoms with E-state index >= 15 is 0 Å². The van der Waals surface area contributed by atoms with E-state index in [0.29, 0.717) is 45.7 Å². The van der Waals surface area contributed by atoms with Crippen molar-refractivity contribution in [1.82, 2.24) is 24.0 Å². The largest absolute Gasteiger partial charge is 0.491 e. The molecule has 3 atom stereocenters. The fourth-order valence-corrected chi connectivity index (χ4v) is 6.25. The zero-order chi connectivity index (χ0) is 37.0. The Morgan fingerprint density at radius 3 is 2.42 bits per heavy atom. The van der Waals surface area contributed by atoms with Gasteiger partial charge in [0.25, 0.3) is 5.56 Å². The van der Waals surface area contributed by atoms with Crippen molar-refractivity contribution in [3.63, 3.8) is 0 Å². The zero-order valence-corrected chi connectivity index (χ0v) is 30.8. The molecule has 2 aliphatic rings. The van der Waals surface area contributed by atoms with Gasteiger partial charge < -0.3 is 43.1 Å². The molecule has 0 radical (unpaired) electrons. The number of allylic oxidation sites excluding steroid dienone is 1. The highest BCUT2D eigenvalue weighted by Gasteiger charge is 2.26. The normalized spacial score (nSPS) is 18.5. The van der Waals surface area contributed by atoms with Crippen LogP contribution in [0.5, 0.6) is 5.75 Å². The third-order valence-corrected chi connectivity index (χ3v) is 9.10. The first-order chi connectivity index (χ1) is 25.1. The molecule has 284 valence electrons. The number of hydrogen-bond donors (Lipinski definition) is 3. The molecule has 16 heteroatoms. The average Bonchev–Trinajstić information content (AvgIpc) is 3.68. The van der Waals surface area contributed by atoms with Crippen molar-refractivity contribution in [2.75, 3.05) is 66.0 Å². The number of aromatic amines is 2. The van der Waals surface area contributed by atoms with Gasteiger partial charge in [0.05, 0.1) is 57.3 Å². The number of hydrogen-bond acceptors (Lipinski definition) is 12. The molecule has 0 spiro atoms. The van der Waals surface area contributed by atoms with Crippen LogP contribution in [0.2, 0.25) is 0 Å². The second kappa shape index (κ2) is 19.3. The van der Waals surface area contributed by atoms with Gasteiger partial charge in [-0.1, -0.05) is 17.7 Å². The summed E-state index contributed by atoms with van der Waals surface area (Å²) in [5.41, 5.74) is 3.54. The van der Waals surface area contributed by atoms with Crippen LogP contribution in [0.3, 0.4) is 0 Å². The predicted octanol–water partition coefficient (Wildman–Crippen LogP) is 2.77. The summed E-state index contributed by atoms with van der Waals surface area (Å²) in [6.45, 7) is 11.2. The van der Waals surface area contributed by atoms with Gasteiger partial charge in [-0.3, -0.25) is 24.0 Å². The maximum atomic E-state index is 12.2. The summed E-state index contributed by atoms with van der Waals surface area (Å²) in [7, 11) is 0. The first-order valence-corrected chi connectivity index (χ1v) is 18.0. The second-order valence-corrected chi connectivity index (χ2v) is 13.3. The molecular formula is C36H49N5O10S. The predicted molar refractivity (Wildman–Crippen MR) is 195 cm³/mol. The molecule has 0 bridgehead atoms. The first-order valence-electron chi connectivity index (χ1n) is 17.6. The number of esters is 1. The second-order valence-electron chi connectivity index (χ2n) is 12.9. The van der Waals surface area contributed by atoms with Gasteiger partial charge in [0, 0.05) is 49.4 Å². The summed E-state index contributed by atoms with van der Waals surface area (Å²) in [6, 6.07) is 4.33. The summed E-state index contributed by atoms with van der Waals surface area (Å²) >= 11 is 5.65. The fraction of sp³-hybridized carbons (Fsp3) is 0.556. The van der Waals surface area contributed by atoms with E-state index in [2.05, 4.69) is 46.3 Å². The molecule has 2 aromatic heterocycles. The SMILES string of the molecule is CC(C)=CCN1Cc2c(OCCOCCOCCOCCOC(=O)CCc3cn(C4C=C[C@@H](CO)O4)c(=O)[nH]c3=O)ccc3[nH]c(=S)n(c23)C[C@@H]1C. The quantitative estimate of drug-likeness (QED) is 0.0671. The number of nitrogens with zero attached hydrogens (tertiary/aromatic N) is 3. The van der Waals surface area contributed by atoms with Gasteiger partial charge in [0.1, 0.15) is 25.1 Å². The van der Waals surface area contributed by atoms with Crippen molar-refractivity contribution in [3.05, 3.63) is 78.9 Å². The fourth-order valence-electron chi connectivity index (χ4n) is 5.98. The maximum absolute atomic E-state index is 12.2. The Morgan fingerprint density at radius 2 is 1.73 bits per heavy atom. The molecule has 0 fully saturated rings. The summed E-state index contributed by atoms with van der Waals surface area (Å²) in [4.78, 5) is 44.6. The van der Waals surface area contributed by atoms with Crippen LogP contribution >= 0.6 is 12.2 Å². The molecule has 0 aliphatic carbocycles. The van der Waals surface area contributed by atoms with Gasteiger partial charge in [-0.25, -0.2) is 4.79 Å². The molecule has 0 saturated heterocycles. The lowest BCUT2D eigenvalue weighted by Gasteiger charge is -2.26. The number of aryl methyl sites for hydroxylation is 1. The Bertz CT molecular complexity index is 1890.